The first-order valence-electron chi connectivity index (χ1n) is 8.75. The summed E-state index contributed by atoms with van der Waals surface area (Å²) < 4.78 is 13.9. The highest BCUT2D eigenvalue weighted by atomic mass is 79.9. The molecule has 27 heavy (non-hydrogen) atoms. The molecule has 0 radical (unpaired) electrons. The van der Waals surface area contributed by atoms with Crippen molar-refractivity contribution in [3.8, 4) is 0 Å². The van der Waals surface area contributed by atoms with Crippen molar-refractivity contribution in [2.45, 2.75) is 6.92 Å². The molecule has 0 bridgehead atoms. The second kappa shape index (κ2) is 8.63. The third-order valence-corrected chi connectivity index (χ3v) is 5.07. The molecule has 0 spiro atoms. The van der Waals surface area contributed by atoms with Crippen molar-refractivity contribution >= 4 is 33.4 Å². The molecule has 2 amide bonds. The van der Waals surface area contributed by atoms with Crippen molar-refractivity contribution in [3.05, 3.63) is 63.9 Å². The number of hydrogen-bond acceptors (Lipinski definition) is 3. The molecule has 0 saturated carbocycles. The van der Waals surface area contributed by atoms with Gasteiger partial charge < -0.3 is 10.2 Å². The fraction of sp³-hybridized carbons (Fsp3) is 0.300. The molecule has 2 aromatic carbocycles. The van der Waals surface area contributed by atoms with Gasteiger partial charge in [0.2, 0.25) is 5.91 Å². The number of nitrogens with zero attached hydrogens (tertiary/aromatic N) is 2. The zero-order chi connectivity index (χ0) is 19.4. The molecule has 7 heteroatoms. The van der Waals surface area contributed by atoms with Crippen LogP contribution in [0.4, 0.5) is 10.1 Å². The summed E-state index contributed by atoms with van der Waals surface area (Å²) in [4.78, 5) is 28.7. The summed E-state index contributed by atoms with van der Waals surface area (Å²) in [5.41, 5.74) is 2.22. The Kier molecular flexibility index (Phi) is 6.23. The number of halogens is 2. The molecule has 0 unspecified atom stereocenters. The maximum atomic E-state index is 12.9. The zero-order valence-corrected chi connectivity index (χ0v) is 16.6. The normalized spacial score (nSPS) is 14.9. The molecule has 0 aromatic heterocycles. The Hall–Kier alpha value is -2.25. The lowest BCUT2D eigenvalue weighted by molar-refractivity contribution is -0.117. The number of benzene rings is 2. The van der Waals surface area contributed by atoms with Gasteiger partial charge in [0.25, 0.3) is 5.91 Å². The maximum Gasteiger partial charge on any atom is 0.254 e. The number of anilines is 1. The number of hydrogen-bond donors (Lipinski definition) is 1. The first-order valence-corrected chi connectivity index (χ1v) is 9.55. The highest BCUT2D eigenvalue weighted by molar-refractivity contribution is 9.10. The SMILES string of the molecule is Cc1cc(Br)ccc1C(=O)N1CCN(CC(=O)Nc2ccc(F)cc2)CC1. The van der Waals surface area contributed by atoms with Gasteiger partial charge in [-0.05, 0) is 55.0 Å². The summed E-state index contributed by atoms with van der Waals surface area (Å²) >= 11 is 3.41. The number of nitrogens with one attached hydrogen (secondary N) is 1. The van der Waals surface area contributed by atoms with Gasteiger partial charge in [0, 0.05) is 41.9 Å². The van der Waals surface area contributed by atoms with Crippen LogP contribution < -0.4 is 5.32 Å². The third-order valence-electron chi connectivity index (χ3n) is 4.57. The number of amides is 2. The summed E-state index contributed by atoms with van der Waals surface area (Å²) in [5, 5.41) is 2.76. The van der Waals surface area contributed by atoms with Gasteiger partial charge in [0.15, 0.2) is 0 Å². The van der Waals surface area contributed by atoms with Crippen molar-refractivity contribution < 1.29 is 14.0 Å². The number of aryl methyl sites for hydroxylation is 1. The Morgan fingerprint density at radius 2 is 1.74 bits per heavy atom. The molecule has 1 fully saturated rings. The van der Waals surface area contributed by atoms with Crippen LogP contribution >= 0.6 is 15.9 Å². The van der Waals surface area contributed by atoms with Crippen LogP contribution in [0.15, 0.2) is 46.9 Å². The summed E-state index contributed by atoms with van der Waals surface area (Å²) in [6.45, 7) is 4.61. The minimum Gasteiger partial charge on any atom is -0.336 e. The molecular formula is C20H21BrFN3O2. The molecule has 0 aliphatic carbocycles. The van der Waals surface area contributed by atoms with Crippen LogP contribution in [0.5, 0.6) is 0 Å². The standard InChI is InChI=1S/C20H21BrFN3O2/c1-14-12-15(21)2-7-18(14)20(27)25-10-8-24(9-11-25)13-19(26)23-17-5-3-16(22)4-6-17/h2-7,12H,8-11,13H2,1H3,(H,23,26). The van der Waals surface area contributed by atoms with E-state index in [2.05, 4.69) is 21.2 Å². The van der Waals surface area contributed by atoms with Crippen LogP contribution in [-0.2, 0) is 4.79 Å². The quantitative estimate of drug-likeness (QED) is 0.804. The molecule has 3 rings (SSSR count). The fourth-order valence-electron chi connectivity index (χ4n) is 3.08. The van der Waals surface area contributed by atoms with Gasteiger partial charge in [-0.25, -0.2) is 4.39 Å². The summed E-state index contributed by atoms with van der Waals surface area (Å²) in [6.07, 6.45) is 0. The average Bonchev–Trinajstić information content (AvgIpc) is 2.64. The summed E-state index contributed by atoms with van der Waals surface area (Å²) in [7, 11) is 0. The topological polar surface area (TPSA) is 52.7 Å². The summed E-state index contributed by atoms with van der Waals surface area (Å²) in [5.74, 6) is -0.463. The summed E-state index contributed by atoms with van der Waals surface area (Å²) in [6, 6.07) is 11.3. The van der Waals surface area contributed by atoms with Crippen LogP contribution in [0.25, 0.3) is 0 Å². The molecule has 0 atom stereocenters. The number of rotatable bonds is 4. The van der Waals surface area contributed by atoms with Gasteiger partial charge in [-0.15, -0.1) is 0 Å². The number of carbonyl (C=O) groups excluding carboxylic acids is 2. The van der Waals surface area contributed by atoms with E-state index in [0.29, 0.717) is 37.4 Å². The van der Waals surface area contributed by atoms with Crippen LogP contribution in [0.3, 0.4) is 0 Å². The Labute approximate surface area is 166 Å². The van der Waals surface area contributed by atoms with Crippen molar-refractivity contribution in [2.75, 3.05) is 38.0 Å². The zero-order valence-electron chi connectivity index (χ0n) is 15.0. The Balaban J connectivity index is 1.50. The largest absolute Gasteiger partial charge is 0.336 e. The number of piperazine rings is 1. The maximum absolute atomic E-state index is 12.9. The average molecular weight is 434 g/mol. The molecule has 5 nitrogen and oxygen atoms in total. The van der Waals surface area contributed by atoms with Crippen molar-refractivity contribution in [3.63, 3.8) is 0 Å². The van der Waals surface area contributed by atoms with E-state index in [4.69, 9.17) is 0 Å². The Morgan fingerprint density at radius 1 is 1.07 bits per heavy atom. The minimum atomic E-state index is -0.338. The molecule has 1 aliphatic heterocycles. The fourth-order valence-corrected chi connectivity index (χ4v) is 3.56. The van der Waals surface area contributed by atoms with E-state index in [1.165, 1.54) is 24.3 Å². The third kappa shape index (κ3) is 5.14. The van der Waals surface area contributed by atoms with Gasteiger partial charge in [-0.3, -0.25) is 14.5 Å². The molecule has 1 saturated heterocycles. The lowest BCUT2D eigenvalue weighted by atomic mass is 10.1. The monoisotopic (exact) mass is 433 g/mol. The van der Waals surface area contributed by atoms with Crippen LogP contribution in [0.2, 0.25) is 0 Å². The van der Waals surface area contributed by atoms with Gasteiger partial charge in [0.1, 0.15) is 5.82 Å². The van der Waals surface area contributed by atoms with E-state index in [1.54, 1.807) is 0 Å². The smallest absolute Gasteiger partial charge is 0.254 e. The molecule has 142 valence electrons. The first-order chi connectivity index (χ1) is 12.9. The number of carbonyl (C=O) groups is 2. The second-order valence-corrected chi connectivity index (χ2v) is 7.50. The first kappa shape index (κ1) is 19.5. The van der Waals surface area contributed by atoms with E-state index in [1.807, 2.05) is 34.9 Å². The second-order valence-electron chi connectivity index (χ2n) is 6.58. The van der Waals surface area contributed by atoms with E-state index in [0.717, 1.165) is 10.0 Å². The van der Waals surface area contributed by atoms with Gasteiger partial charge in [0.05, 0.1) is 6.54 Å². The minimum absolute atomic E-state index is 0.0235. The van der Waals surface area contributed by atoms with Crippen LogP contribution in [0, 0.1) is 12.7 Å². The molecule has 1 aliphatic rings. The lowest BCUT2D eigenvalue weighted by Gasteiger charge is -2.34. The van der Waals surface area contributed by atoms with Gasteiger partial charge in [-0.2, -0.15) is 0 Å². The lowest BCUT2D eigenvalue weighted by Crippen LogP contribution is -2.50. The predicted octanol–water partition coefficient (Wildman–Crippen LogP) is 3.29. The predicted molar refractivity (Wildman–Crippen MR) is 106 cm³/mol. The van der Waals surface area contributed by atoms with Crippen LogP contribution in [-0.4, -0.2) is 54.3 Å². The van der Waals surface area contributed by atoms with E-state index >= 15 is 0 Å². The Bertz CT molecular complexity index is 834. The van der Waals surface area contributed by atoms with Crippen molar-refractivity contribution in [2.24, 2.45) is 0 Å². The van der Waals surface area contributed by atoms with E-state index in [9.17, 15) is 14.0 Å². The van der Waals surface area contributed by atoms with Gasteiger partial charge in [-0.1, -0.05) is 15.9 Å². The van der Waals surface area contributed by atoms with Gasteiger partial charge >= 0.3 is 0 Å². The van der Waals surface area contributed by atoms with Crippen molar-refractivity contribution in [1.82, 2.24) is 9.80 Å². The Morgan fingerprint density at radius 3 is 2.37 bits per heavy atom. The highest BCUT2D eigenvalue weighted by Crippen LogP contribution is 2.18. The molecular weight excluding hydrogens is 413 g/mol. The van der Waals surface area contributed by atoms with Crippen molar-refractivity contribution in [1.29, 1.82) is 0 Å². The highest BCUT2D eigenvalue weighted by Gasteiger charge is 2.24. The molecule has 1 heterocycles. The van der Waals surface area contributed by atoms with Crippen LogP contribution in [0.1, 0.15) is 15.9 Å². The van der Waals surface area contributed by atoms with E-state index < -0.39 is 0 Å². The molecule has 2 aromatic rings. The molecule has 1 N–H and O–H groups in total. The van der Waals surface area contributed by atoms with E-state index in [-0.39, 0.29) is 24.2 Å².